The smallest absolute Gasteiger partial charge is 0.338 e. The summed E-state index contributed by atoms with van der Waals surface area (Å²) >= 11 is 0. The Kier molecular flexibility index (Phi) is 3.64. The van der Waals surface area contributed by atoms with E-state index in [2.05, 4.69) is 23.7 Å². The molecule has 19 heavy (non-hydrogen) atoms. The SMILES string of the molecule is CCC1(C)CCN(c2cnc(N)cc2C(=O)O)CC1. The Morgan fingerprint density at radius 2 is 2.16 bits per heavy atom. The Balaban J connectivity index is 2.22. The Morgan fingerprint density at radius 1 is 1.53 bits per heavy atom. The zero-order chi connectivity index (χ0) is 14.0. The minimum absolute atomic E-state index is 0.243. The van der Waals surface area contributed by atoms with Crippen LogP contribution >= 0.6 is 0 Å². The van der Waals surface area contributed by atoms with Gasteiger partial charge in [0, 0.05) is 13.1 Å². The number of pyridine rings is 1. The van der Waals surface area contributed by atoms with Gasteiger partial charge in [0.15, 0.2) is 0 Å². The minimum atomic E-state index is -0.951. The third-order valence-electron chi connectivity index (χ3n) is 4.30. The van der Waals surface area contributed by atoms with Crippen LogP contribution in [0.5, 0.6) is 0 Å². The van der Waals surface area contributed by atoms with Crippen LogP contribution in [0.15, 0.2) is 12.3 Å². The molecule has 0 bridgehead atoms. The molecule has 0 unspecified atom stereocenters. The van der Waals surface area contributed by atoms with Gasteiger partial charge < -0.3 is 15.7 Å². The van der Waals surface area contributed by atoms with Crippen molar-refractivity contribution in [2.24, 2.45) is 5.41 Å². The van der Waals surface area contributed by atoms with Gasteiger partial charge in [0.05, 0.1) is 17.4 Å². The summed E-state index contributed by atoms with van der Waals surface area (Å²) in [6.45, 7) is 6.25. The number of anilines is 2. The lowest BCUT2D eigenvalue weighted by atomic mass is 9.78. The molecule has 0 spiro atoms. The number of carboxylic acids is 1. The van der Waals surface area contributed by atoms with Crippen LogP contribution in [-0.2, 0) is 0 Å². The fourth-order valence-electron chi connectivity index (χ4n) is 2.53. The highest BCUT2D eigenvalue weighted by molar-refractivity contribution is 5.95. The molecule has 1 aliphatic heterocycles. The summed E-state index contributed by atoms with van der Waals surface area (Å²) in [5.74, 6) is -0.704. The van der Waals surface area contributed by atoms with Crippen LogP contribution in [0.2, 0.25) is 0 Å². The molecule has 0 atom stereocenters. The molecule has 1 fully saturated rings. The number of carbonyl (C=O) groups is 1. The fourth-order valence-corrected chi connectivity index (χ4v) is 2.53. The lowest BCUT2D eigenvalue weighted by molar-refractivity contribution is 0.0697. The van der Waals surface area contributed by atoms with Crippen LogP contribution in [0.4, 0.5) is 11.5 Å². The van der Waals surface area contributed by atoms with Gasteiger partial charge >= 0.3 is 5.97 Å². The maximum Gasteiger partial charge on any atom is 0.338 e. The third kappa shape index (κ3) is 2.80. The Hall–Kier alpha value is -1.78. The molecule has 104 valence electrons. The van der Waals surface area contributed by atoms with Crippen LogP contribution in [0, 0.1) is 5.41 Å². The molecule has 1 aromatic rings. The van der Waals surface area contributed by atoms with Crippen molar-refractivity contribution in [1.29, 1.82) is 0 Å². The lowest BCUT2D eigenvalue weighted by Gasteiger charge is -2.40. The molecular weight excluding hydrogens is 242 g/mol. The average molecular weight is 263 g/mol. The molecule has 1 aromatic heterocycles. The van der Waals surface area contributed by atoms with E-state index in [9.17, 15) is 9.90 Å². The van der Waals surface area contributed by atoms with Crippen molar-refractivity contribution in [3.05, 3.63) is 17.8 Å². The van der Waals surface area contributed by atoms with Crippen LogP contribution in [0.1, 0.15) is 43.5 Å². The second-order valence-electron chi connectivity index (χ2n) is 5.58. The van der Waals surface area contributed by atoms with E-state index < -0.39 is 5.97 Å². The molecule has 1 saturated heterocycles. The van der Waals surface area contributed by atoms with Crippen molar-refractivity contribution in [1.82, 2.24) is 4.98 Å². The molecule has 2 heterocycles. The second-order valence-corrected chi connectivity index (χ2v) is 5.58. The quantitative estimate of drug-likeness (QED) is 0.875. The van der Waals surface area contributed by atoms with Gasteiger partial charge in [-0.25, -0.2) is 9.78 Å². The summed E-state index contributed by atoms with van der Waals surface area (Å²) in [6.07, 6.45) is 4.89. The average Bonchev–Trinajstić information content (AvgIpc) is 2.40. The highest BCUT2D eigenvalue weighted by Crippen LogP contribution is 2.36. The molecule has 5 nitrogen and oxygen atoms in total. The molecule has 5 heteroatoms. The summed E-state index contributed by atoms with van der Waals surface area (Å²) in [5.41, 5.74) is 6.87. The number of aromatic carboxylic acids is 1. The largest absolute Gasteiger partial charge is 0.478 e. The van der Waals surface area contributed by atoms with E-state index in [1.807, 2.05) is 0 Å². The summed E-state index contributed by atoms with van der Waals surface area (Å²) in [4.78, 5) is 17.4. The number of carboxylic acid groups (broad SMARTS) is 1. The number of nitrogen functional groups attached to an aromatic ring is 1. The summed E-state index contributed by atoms with van der Waals surface area (Å²) in [7, 11) is 0. The maximum atomic E-state index is 11.3. The number of nitrogens with two attached hydrogens (primary N) is 1. The highest BCUT2D eigenvalue weighted by atomic mass is 16.4. The number of piperidine rings is 1. The van der Waals surface area contributed by atoms with Crippen molar-refractivity contribution < 1.29 is 9.90 Å². The van der Waals surface area contributed by atoms with E-state index in [-0.39, 0.29) is 11.4 Å². The van der Waals surface area contributed by atoms with Crippen LogP contribution in [0.3, 0.4) is 0 Å². The fraction of sp³-hybridized carbons (Fsp3) is 0.571. The van der Waals surface area contributed by atoms with Gasteiger partial charge in [-0.15, -0.1) is 0 Å². The lowest BCUT2D eigenvalue weighted by Crippen LogP contribution is -2.39. The summed E-state index contributed by atoms with van der Waals surface area (Å²) in [5, 5.41) is 9.26. The minimum Gasteiger partial charge on any atom is -0.478 e. The van der Waals surface area contributed by atoms with Crippen LogP contribution in [0.25, 0.3) is 0 Å². The zero-order valence-electron chi connectivity index (χ0n) is 11.5. The van der Waals surface area contributed by atoms with Crippen LogP contribution < -0.4 is 10.6 Å². The van der Waals surface area contributed by atoms with Gasteiger partial charge in [-0.3, -0.25) is 0 Å². The van der Waals surface area contributed by atoms with E-state index in [0.29, 0.717) is 11.1 Å². The number of hydrogen-bond acceptors (Lipinski definition) is 4. The van der Waals surface area contributed by atoms with Gasteiger partial charge in [-0.1, -0.05) is 20.3 Å². The molecular formula is C14H21N3O2. The number of hydrogen-bond donors (Lipinski definition) is 2. The van der Waals surface area contributed by atoms with Gasteiger partial charge in [0.1, 0.15) is 5.82 Å². The molecule has 0 saturated carbocycles. The second kappa shape index (κ2) is 5.07. The predicted octanol–water partition coefficient (Wildman–Crippen LogP) is 2.38. The molecule has 1 aliphatic rings. The Morgan fingerprint density at radius 3 is 2.68 bits per heavy atom. The topological polar surface area (TPSA) is 79.5 Å². The first kappa shape index (κ1) is 13.6. The standard InChI is InChI=1S/C14H21N3O2/c1-3-14(2)4-6-17(7-5-14)11-9-16-12(15)8-10(11)13(18)19/h8-9H,3-7H2,1-2H3,(H2,15,16)(H,18,19). The molecule has 2 rings (SSSR count). The van der Waals surface area contributed by atoms with E-state index in [0.717, 1.165) is 32.4 Å². The molecule has 0 aromatic carbocycles. The molecule has 3 N–H and O–H groups in total. The van der Waals surface area contributed by atoms with Crippen molar-refractivity contribution in [2.45, 2.75) is 33.1 Å². The normalized spacial score (nSPS) is 18.3. The van der Waals surface area contributed by atoms with Crippen molar-refractivity contribution in [3.63, 3.8) is 0 Å². The summed E-state index contributed by atoms with van der Waals surface area (Å²) < 4.78 is 0. The molecule has 0 radical (unpaired) electrons. The first-order valence-corrected chi connectivity index (χ1v) is 6.69. The molecule has 0 amide bonds. The Labute approximate surface area is 113 Å². The zero-order valence-corrected chi connectivity index (χ0v) is 11.5. The van der Waals surface area contributed by atoms with Crippen LogP contribution in [-0.4, -0.2) is 29.1 Å². The van der Waals surface area contributed by atoms with Crippen molar-refractivity contribution in [3.8, 4) is 0 Å². The molecule has 0 aliphatic carbocycles. The first-order valence-electron chi connectivity index (χ1n) is 6.69. The van der Waals surface area contributed by atoms with Gasteiger partial charge in [0.2, 0.25) is 0 Å². The predicted molar refractivity (Wildman–Crippen MR) is 75.5 cm³/mol. The van der Waals surface area contributed by atoms with Gasteiger partial charge in [-0.2, -0.15) is 0 Å². The van der Waals surface area contributed by atoms with Gasteiger partial charge in [0.25, 0.3) is 0 Å². The summed E-state index contributed by atoms with van der Waals surface area (Å²) in [6, 6.07) is 1.44. The van der Waals surface area contributed by atoms with E-state index >= 15 is 0 Å². The van der Waals surface area contributed by atoms with Crippen molar-refractivity contribution in [2.75, 3.05) is 23.7 Å². The monoisotopic (exact) mass is 263 g/mol. The Bertz CT molecular complexity index is 480. The number of aromatic nitrogens is 1. The van der Waals surface area contributed by atoms with E-state index in [4.69, 9.17) is 5.73 Å². The number of rotatable bonds is 3. The first-order chi connectivity index (χ1) is 8.95. The maximum absolute atomic E-state index is 11.3. The highest BCUT2D eigenvalue weighted by Gasteiger charge is 2.29. The van der Waals surface area contributed by atoms with E-state index in [1.165, 1.54) is 6.07 Å². The number of nitrogens with zero attached hydrogens (tertiary/aromatic N) is 2. The van der Waals surface area contributed by atoms with Gasteiger partial charge in [-0.05, 0) is 24.3 Å². The third-order valence-corrected chi connectivity index (χ3v) is 4.30. The van der Waals surface area contributed by atoms with Crippen molar-refractivity contribution >= 4 is 17.5 Å². The van der Waals surface area contributed by atoms with E-state index in [1.54, 1.807) is 6.20 Å².